The fraction of sp³-hybridized carbons (Fsp3) is 0.500. The Morgan fingerprint density at radius 2 is 1.75 bits per heavy atom. The van der Waals surface area contributed by atoms with Crippen molar-refractivity contribution in [1.29, 1.82) is 0 Å². The maximum atomic E-state index is 11.9. The summed E-state index contributed by atoms with van der Waals surface area (Å²) in [6, 6.07) is 7.67. The Hall–Kier alpha value is -1.68. The Bertz CT molecular complexity index is 458. The van der Waals surface area contributed by atoms with Crippen LogP contribution >= 0.6 is 0 Å². The van der Waals surface area contributed by atoms with Gasteiger partial charge in [-0.3, -0.25) is 9.59 Å². The van der Waals surface area contributed by atoms with Gasteiger partial charge in [-0.1, -0.05) is 45.0 Å². The molecular formula is C16H23NO3. The first-order valence-electron chi connectivity index (χ1n) is 6.87. The van der Waals surface area contributed by atoms with Gasteiger partial charge in [0.05, 0.1) is 6.54 Å². The molecule has 0 atom stereocenters. The average molecular weight is 277 g/mol. The zero-order valence-electron chi connectivity index (χ0n) is 12.4. The molecule has 0 amide bonds. The van der Waals surface area contributed by atoms with Gasteiger partial charge in [-0.25, -0.2) is 0 Å². The molecule has 1 rings (SSSR count). The zero-order chi connectivity index (χ0) is 15.2. The number of benzene rings is 1. The van der Waals surface area contributed by atoms with E-state index < -0.39 is 5.97 Å². The van der Waals surface area contributed by atoms with Crippen molar-refractivity contribution in [3.05, 3.63) is 35.4 Å². The molecule has 0 aliphatic rings. The molecule has 1 aromatic carbocycles. The van der Waals surface area contributed by atoms with Crippen molar-refractivity contribution in [1.82, 2.24) is 5.32 Å². The van der Waals surface area contributed by atoms with E-state index in [9.17, 15) is 9.59 Å². The molecular weight excluding hydrogens is 254 g/mol. The van der Waals surface area contributed by atoms with Crippen LogP contribution in [-0.2, 0) is 10.2 Å². The molecule has 0 aliphatic carbocycles. The van der Waals surface area contributed by atoms with Crippen LogP contribution in [0.4, 0.5) is 0 Å². The van der Waals surface area contributed by atoms with Gasteiger partial charge >= 0.3 is 5.97 Å². The number of carbonyl (C=O) groups is 2. The van der Waals surface area contributed by atoms with E-state index in [1.165, 1.54) is 5.56 Å². The van der Waals surface area contributed by atoms with E-state index in [0.29, 0.717) is 18.5 Å². The minimum Gasteiger partial charge on any atom is -0.481 e. The van der Waals surface area contributed by atoms with Gasteiger partial charge in [-0.15, -0.1) is 0 Å². The number of carboxylic acid groups (broad SMARTS) is 1. The SMILES string of the molecule is CC(C)(C)c1ccc(C(=O)CNCCCC(=O)O)cc1. The first kappa shape index (κ1) is 16.4. The van der Waals surface area contributed by atoms with E-state index in [2.05, 4.69) is 26.1 Å². The van der Waals surface area contributed by atoms with E-state index >= 15 is 0 Å². The van der Waals surface area contributed by atoms with Crippen molar-refractivity contribution < 1.29 is 14.7 Å². The third kappa shape index (κ3) is 5.53. The minimum atomic E-state index is -0.809. The molecule has 2 N–H and O–H groups in total. The third-order valence-corrected chi connectivity index (χ3v) is 3.10. The van der Waals surface area contributed by atoms with Gasteiger partial charge in [-0.05, 0) is 23.9 Å². The Balaban J connectivity index is 2.42. The Kier molecular flexibility index (Phi) is 5.89. The molecule has 0 bridgehead atoms. The summed E-state index contributed by atoms with van der Waals surface area (Å²) in [5, 5.41) is 11.5. The number of hydrogen-bond acceptors (Lipinski definition) is 3. The molecule has 110 valence electrons. The van der Waals surface area contributed by atoms with E-state index in [4.69, 9.17) is 5.11 Å². The van der Waals surface area contributed by atoms with Crippen molar-refractivity contribution in [2.24, 2.45) is 0 Å². The molecule has 0 fully saturated rings. The summed E-state index contributed by atoms with van der Waals surface area (Å²) in [7, 11) is 0. The van der Waals surface area contributed by atoms with E-state index in [-0.39, 0.29) is 24.2 Å². The molecule has 0 unspecified atom stereocenters. The molecule has 20 heavy (non-hydrogen) atoms. The zero-order valence-corrected chi connectivity index (χ0v) is 12.4. The summed E-state index contributed by atoms with van der Waals surface area (Å²) in [5.74, 6) is -0.781. The number of carbonyl (C=O) groups excluding carboxylic acids is 1. The molecule has 0 spiro atoms. The van der Waals surface area contributed by atoms with E-state index in [1.807, 2.05) is 24.3 Å². The molecule has 0 aliphatic heterocycles. The van der Waals surface area contributed by atoms with Gasteiger partial charge in [0.2, 0.25) is 0 Å². The Morgan fingerprint density at radius 3 is 2.25 bits per heavy atom. The number of hydrogen-bond donors (Lipinski definition) is 2. The fourth-order valence-corrected chi connectivity index (χ4v) is 1.82. The normalized spacial score (nSPS) is 11.3. The molecule has 0 saturated carbocycles. The topological polar surface area (TPSA) is 66.4 Å². The summed E-state index contributed by atoms with van der Waals surface area (Å²) < 4.78 is 0. The molecule has 0 radical (unpaired) electrons. The van der Waals surface area contributed by atoms with Crippen LogP contribution in [0, 0.1) is 0 Å². The maximum absolute atomic E-state index is 11.9. The van der Waals surface area contributed by atoms with Crippen LogP contribution in [0.5, 0.6) is 0 Å². The van der Waals surface area contributed by atoms with Gasteiger partial charge in [-0.2, -0.15) is 0 Å². The number of aliphatic carboxylic acids is 1. The standard InChI is InChI=1S/C16H23NO3/c1-16(2,3)13-8-6-12(7-9-13)14(18)11-17-10-4-5-15(19)20/h6-9,17H,4-5,10-11H2,1-3H3,(H,19,20). The molecule has 0 saturated heterocycles. The van der Waals surface area contributed by atoms with Crippen LogP contribution in [-0.4, -0.2) is 29.9 Å². The van der Waals surface area contributed by atoms with Gasteiger partial charge < -0.3 is 10.4 Å². The van der Waals surface area contributed by atoms with Crippen LogP contribution in [0.1, 0.15) is 49.5 Å². The highest BCUT2D eigenvalue weighted by molar-refractivity contribution is 5.97. The van der Waals surface area contributed by atoms with Crippen LogP contribution in [0.15, 0.2) is 24.3 Å². The number of nitrogens with one attached hydrogen (secondary N) is 1. The van der Waals surface area contributed by atoms with Crippen LogP contribution in [0.2, 0.25) is 0 Å². The molecule has 1 aromatic rings. The second-order valence-corrected chi connectivity index (χ2v) is 5.92. The van der Waals surface area contributed by atoms with Crippen LogP contribution in [0.3, 0.4) is 0 Å². The summed E-state index contributed by atoms with van der Waals surface area (Å²) >= 11 is 0. The molecule has 0 aromatic heterocycles. The Labute approximate surface area is 120 Å². The summed E-state index contributed by atoms with van der Waals surface area (Å²) in [4.78, 5) is 22.3. The second-order valence-electron chi connectivity index (χ2n) is 5.92. The van der Waals surface area contributed by atoms with Crippen molar-refractivity contribution in [2.45, 2.75) is 39.0 Å². The van der Waals surface area contributed by atoms with Gasteiger partial charge in [0.25, 0.3) is 0 Å². The molecule has 4 heteroatoms. The lowest BCUT2D eigenvalue weighted by molar-refractivity contribution is -0.137. The van der Waals surface area contributed by atoms with Crippen LogP contribution in [0.25, 0.3) is 0 Å². The lowest BCUT2D eigenvalue weighted by Crippen LogP contribution is -2.24. The predicted octanol–water partition coefficient (Wildman–Crippen LogP) is 2.62. The quantitative estimate of drug-likeness (QED) is 0.594. The number of rotatable bonds is 7. The first-order chi connectivity index (χ1) is 9.30. The summed E-state index contributed by atoms with van der Waals surface area (Å²) in [6.07, 6.45) is 0.660. The van der Waals surface area contributed by atoms with Crippen molar-refractivity contribution in [2.75, 3.05) is 13.1 Å². The lowest BCUT2D eigenvalue weighted by atomic mass is 9.86. The van der Waals surface area contributed by atoms with Gasteiger partial charge in [0.1, 0.15) is 0 Å². The monoisotopic (exact) mass is 277 g/mol. The number of carboxylic acids is 1. The number of Topliss-reactive ketones (excluding diaryl/α,β-unsaturated/α-hetero) is 1. The van der Waals surface area contributed by atoms with Crippen molar-refractivity contribution in [3.63, 3.8) is 0 Å². The lowest BCUT2D eigenvalue weighted by Gasteiger charge is -2.19. The number of ketones is 1. The average Bonchev–Trinajstić information content (AvgIpc) is 2.37. The fourth-order valence-electron chi connectivity index (χ4n) is 1.82. The highest BCUT2D eigenvalue weighted by Crippen LogP contribution is 2.22. The van der Waals surface area contributed by atoms with Crippen molar-refractivity contribution in [3.8, 4) is 0 Å². The maximum Gasteiger partial charge on any atom is 0.303 e. The molecule has 4 nitrogen and oxygen atoms in total. The third-order valence-electron chi connectivity index (χ3n) is 3.10. The van der Waals surface area contributed by atoms with Gasteiger partial charge in [0.15, 0.2) is 5.78 Å². The predicted molar refractivity (Wildman–Crippen MR) is 79.2 cm³/mol. The van der Waals surface area contributed by atoms with E-state index in [0.717, 1.165) is 0 Å². The van der Waals surface area contributed by atoms with Gasteiger partial charge in [0, 0.05) is 12.0 Å². The summed E-state index contributed by atoms with van der Waals surface area (Å²) in [5.41, 5.74) is 1.96. The molecule has 0 heterocycles. The highest BCUT2D eigenvalue weighted by Gasteiger charge is 2.14. The van der Waals surface area contributed by atoms with E-state index in [1.54, 1.807) is 0 Å². The van der Waals surface area contributed by atoms with Crippen LogP contribution < -0.4 is 5.32 Å². The second kappa shape index (κ2) is 7.20. The summed E-state index contributed by atoms with van der Waals surface area (Å²) in [6.45, 7) is 7.18. The Morgan fingerprint density at radius 1 is 1.15 bits per heavy atom. The first-order valence-corrected chi connectivity index (χ1v) is 6.87. The highest BCUT2D eigenvalue weighted by atomic mass is 16.4. The van der Waals surface area contributed by atoms with Crippen molar-refractivity contribution >= 4 is 11.8 Å². The minimum absolute atomic E-state index is 0.0285. The smallest absolute Gasteiger partial charge is 0.303 e. The largest absolute Gasteiger partial charge is 0.481 e.